The van der Waals surface area contributed by atoms with E-state index in [1.165, 1.54) is 16.7 Å². The first-order valence-electron chi connectivity index (χ1n) is 11.2. The molecule has 4 rings (SSSR count). The van der Waals surface area contributed by atoms with Gasteiger partial charge in [0.1, 0.15) is 6.61 Å². The summed E-state index contributed by atoms with van der Waals surface area (Å²) >= 11 is 0. The van der Waals surface area contributed by atoms with Crippen LogP contribution in [0.15, 0.2) is 72.8 Å². The third-order valence-corrected chi connectivity index (χ3v) is 5.79. The molecule has 1 saturated heterocycles. The normalized spacial score (nSPS) is 13.7. The minimum atomic E-state index is -0.530. The Kier molecular flexibility index (Phi) is 6.93. The van der Waals surface area contributed by atoms with Crippen LogP contribution < -0.4 is 10.2 Å². The standard InChI is InChI=1S/C27H29N3O3/c1-20-12-13-21(2)23(16-20)18-29-14-7-15-30(27(29)32)25-11-6-10-24(17-25)28-26(31)33-19-22-8-4-3-5-9-22/h3-6,8-13,16-17H,7,14-15,18-19H2,1-2H3,(H,28,31). The van der Waals surface area contributed by atoms with Crippen LogP contribution in [-0.2, 0) is 17.9 Å². The number of ether oxygens (including phenoxy) is 1. The van der Waals surface area contributed by atoms with E-state index in [0.717, 1.165) is 24.2 Å². The van der Waals surface area contributed by atoms with Crippen molar-refractivity contribution < 1.29 is 14.3 Å². The topological polar surface area (TPSA) is 61.9 Å². The quantitative estimate of drug-likeness (QED) is 0.517. The Hall–Kier alpha value is -3.80. The van der Waals surface area contributed by atoms with Crippen LogP contribution in [0.5, 0.6) is 0 Å². The average molecular weight is 444 g/mol. The lowest BCUT2D eigenvalue weighted by Crippen LogP contribution is -2.49. The van der Waals surface area contributed by atoms with Crippen LogP contribution >= 0.6 is 0 Å². The molecule has 6 heteroatoms. The molecule has 170 valence electrons. The maximum absolute atomic E-state index is 13.3. The zero-order chi connectivity index (χ0) is 23.2. The molecule has 0 spiro atoms. The third-order valence-electron chi connectivity index (χ3n) is 5.79. The second-order valence-electron chi connectivity index (χ2n) is 8.38. The Morgan fingerprint density at radius 1 is 0.970 bits per heavy atom. The minimum Gasteiger partial charge on any atom is -0.444 e. The lowest BCUT2D eigenvalue weighted by Gasteiger charge is -2.36. The highest BCUT2D eigenvalue weighted by atomic mass is 16.5. The maximum Gasteiger partial charge on any atom is 0.411 e. The molecule has 0 aliphatic carbocycles. The summed E-state index contributed by atoms with van der Waals surface area (Å²) in [4.78, 5) is 29.2. The fraction of sp³-hybridized carbons (Fsp3) is 0.259. The number of rotatable bonds is 6. The summed E-state index contributed by atoms with van der Waals surface area (Å²) in [6.45, 7) is 6.30. The molecule has 1 fully saturated rings. The number of aryl methyl sites for hydroxylation is 2. The largest absolute Gasteiger partial charge is 0.444 e. The number of carbonyl (C=O) groups is 2. The number of urea groups is 1. The number of benzene rings is 3. The highest BCUT2D eigenvalue weighted by molar-refractivity contribution is 5.94. The Labute approximate surface area is 194 Å². The molecule has 3 aromatic rings. The first kappa shape index (κ1) is 22.4. The lowest BCUT2D eigenvalue weighted by molar-refractivity contribution is 0.155. The van der Waals surface area contributed by atoms with E-state index in [9.17, 15) is 9.59 Å². The summed E-state index contributed by atoms with van der Waals surface area (Å²) in [7, 11) is 0. The van der Waals surface area contributed by atoms with Crippen LogP contribution in [0.25, 0.3) is 0 Å². The Morgan fingerprint density at radius 3 is 2.61 bits per heavy atom. The van der Waals surface area contributed by atoms with Crippen molar-refractivity contribution in [2.75, 3.05) is 23.3 Å². The van der Waals surface area contributed by atoms with Crippen LogP contribution in [-0.4, -0.2) is 30.1 Å². The maximum atomic E-state index is 13.3. The number of nitrogens with zero attached hydrogens (tertiary/aromatic N) is 2. The van der Waals surface area contributed by atoms with Gasteiger partial charge in [-0.2, -0.15) is 0 Å². The van der Waals surface area contributed by atoms with Gasteiger partial charge in [0.25, 0.3) is 0 Å². The predicted molar refractivity (Wildman–Crippen MR) is 130 cm³/mol. The number of hydrogen-bond acceptors (Lipinski definition) is 3. The van der Waals surface area contributed by atoms with Gasteiger partial charge in [0.2, 0.25) is 0 Å². The smallest absolute Gasteiger partial charge is 0.411 e. The van der Waals surface area contributed by atoms with E-state index in [2.05, 4.69) is 37.4 Å². The molecule has 33 heavy (non-hydrogen) atoms. The van der Waals surface area contributed by atoms with Gasteiger partial charge < -0.3 is 9.64 Å². The molecular weight excluding hydrogens is 414 g/mol. The Bertz CT molecular complexity index is 1130. The van der Waals surface area contributed by atoms with Gasteiger partial charge in [0, 0.05) is 31.0 Å². The molecule has 0 bridgehead atoms. The van der Waals surface area contributed by atoms with Gasteiger partial charge in [0.05, 0.1) is 0 Å². The monoisotopic (exact) mass is 443 g/mol. The van der Waals surface area contributed by atoms with Crippen molar-refractivity contribution >= 4 is 23.5 Å². The number of amides is 3. The molecule has 6 nitrogen and oxygen atoms in total. The highest BCUT2D eigenvalue weighted by Crippen LogP contribution is 2.25. The van der Waals surface area contributed by atoms with Crippen LogP contribution in [0.1, 0.15) is 28.7 Å². The summed E-state index contributed by atoms with van der Waals surface area (Å²) in [6.07, 6.45) is 0.352. The zero-order valence-electron chi connectivity index (χ0n) is 19.1. The van der Waals surface area contributed by atoms with Crippen LogP contribution in [0.2, 0.25) is 0 Å². The van der Waals surface area contributed by atoms with Crippen molar-refractivity contribution in [1.82, 2.24) is 4.90 Å². The molecule has 0 aromatic heterocycles. The molecule has 0 radical (unpaired) electrons. The van der Waals surface area contributed by atoms with Gasteiger partial charge in [-0.15, -0.1) is 0 Å². The van der Waals surface area contributed by atoms with E-state index in [-0.39, 0.29) is 12.6 Å². The molecule has 1 heterocycles. The first-order chi connectivity index (χ1) is 16.0. The molecule has 3 amide bonds. The summed E-state index contributed by atoms with van der Waals surface area (Å²) < 4.78 is 5.30. The lowest BCUT2D eigenvalue weighted by atomic mass is 10.0. The molecule has 0 unspecified atom stereocenters. The van der Waals surface area contributed by atoms with E-state index in [1.807, 2.05) is 53.4 Å². The van der Waals surface area contributed by atoms with Gasteiger partial charge in [-0.05, 0) is 55.2 Å². The van der Waals surface area contributed by atoms with Crippen molar-refractivity contribution in [3.63, 3.8) is 0 Å². The molecule has 0 atom stereocenters. The van der Waals surface area contributed by atoms with Gasteiger partial charge in [-0.1, -0.05) is 60.2 Å². The van der Waals surface area contributed by atoms with E-state index in [1.54, 1.807) is 11.0 Å². The molecular formula is C27H29N3O3. The molecule has 1 aliphatic heterocycles. The second kappa shape index (κ2) is 10.2. The van der Waals surface area contributed by atoms with Gasteiger partial charge >= 0.3 is 12.1 Å². The van der Waals surface area contributed by atoms with Crippen LogP contribution in [0.3, 0.4) is 0 Å². The van der Waals surface area contributed by atoms with E-state index < -0.39 is 6.09 Å². The zero-order valence-corrected chi connectivity index (χ0v) is 19.1. The fourth-order valence-electron chi connectivity index (χ4n) is 3.97. The second-order valence-corrected chi connectivity index (χ2v) is 8.38. The molecule has 1 aliphatic rings. The van der Waals surface area contributed by atoms with Gasteiger partial charge in [-0.3, -0.25) is 10.2 Å². The van der Waals surface area contributed by atoms with Crippen LogP contribution in [0.4, 0.5) is 21.0 Å². The fourth-order valence-corrected chi connectivity index (χ4v) is 3.97. The summed E-state index contributed by atoms with van der Waals surface area (Å²) in [6, 6.07) is 23.2. The number of anilines is 2. The Morgan fingerprint density at radius 2 is 1.79 bits per heavy atom. The van der Waals surface area contributed by atoms with Crippen molar-refractivity contribution in [3.8, 4) is 0 Å². The van der Waals surface area contributed by atoms with Gasteiger partial charge in [0.15, 0.2) is 0 Å². The summed E-state index contributed by atoms with van der Waals surface area (Å²) in [5.41, 5.74) is 5.81. The Balaban J connectivity index is 1.41. The van der Waals surface area contributed by atoms with E-state index >= 15 is 0 Å². The van der Waals surface area contributed by atoms with Gasteiger partial charge in [-0.25, -0.2) is 9.59 Å². The predicted octanol–water partition coefficient (Wildman–Crippen LogP) is 5.88. The molecule has 1 N–H and O–H groups in total. The molecule has 0 saturated carbocycles. The number of hydrogen-bond donors (Lipinski definition) is 1. The highest BCUT2D eigenvalue weighted by Gasteiger charge is 2.27. The minimum absolute atomic E-state index is 0.0223. The van der Waals surface area contributed by atoms with Crippen molar-refractivity contribution in [3.05, 3.63) is 95.1 Å². The average Bonchev–Trinajstić information content (AvgIpc) is 2.82. The SMILES string of the molecule is Cc1ccc(C)c(CN2CCCN(c3cccc(NC(=O)OCc4ccccc4)c3)C2=O)c1. The van der Waals surface area contributed by atoms with E-state index in [4.69, 9.17) is 4.74 Å². The van der Waals surface area contributed by atoms with Crippen molar-refractivity contribution in [2.45, 2.75) is 33.4 Å². The van der Waals surface area contributed by atoms with Crippen molar-refractivity contribution in [1.29, 1.82) is 0 Å². The van der Waals surface area contributed by atoms with Crippen molar-refractivity contribution in [2.24, 2.45) is 0 Å². The number of carbonyl (C=O) groups excluding carboxylic acids is 2. The third kappa shape index (κ3) is 5.71. The van der Waals surface area contributed by atoms with Crippen LogP contribution in [0, 0.1) is 13.8 Å². The first-order valence-corrected chi connectivity index (χ1v) is 11.2. The molecule has 3 aromatic carbocycles. The number of nitrogens with one attached hydrogen (secondary N) is 1. The van der Waals surface area contributed by atoms with E-state index in [0.29, 0.717) is 18.8 Å². The summed E-state index contributed by atoms with van der Waals surface area (Å²) in [5, 5.41) is 2.76. The summed E-state index contributed by atoms with van der Waals surface area (Å²) in [5.74, 6) is 0.